The van der Waals surface area contributed by atoms with Crippen LogP contribution in [0, 0.1) is 0 Å². The lowest BCUT2D eigenvalue weighted by Crippen LogP contribution is -2.45. The zero-order chi connectivity index (χ0) is 44.2. The largest absolute Gasteiger partial charge is 0.394 e. The van der Waals surface area contributed by atoms with E-state index in [4.69, 9.17) is 0 Å². The molecule has 0 spiro atoms. The first-order valence-electron chi connectivity index (χ1n) is 28.1. The molecule has 0 fully saturated rings. The Morgan fingerprint density at radius 2 is 0.623 bits per heavy atom. The molecule has 0 radical (unpaired) electrons. The molecule has 4 heteroatoms. The molecular formula is C57H111NO3. The summed E-state index contributed by atoms with van der Waals surface area (Å²) >= 11 is 0. The molecule has 0 aliphatic carbocycles. The number of aliphatic hydroxyl groups excluding tert-OH is 2. The second-order valence-corrected chi connectivity index (χ2v) is 19.4. The highest BCUT2D eigenvalue weighted by atomic mass is 16.3. The van der Waals surface area contributed by atoms with Crippen LogP contribution in [0.3, 0.4) is 0 Å². The molecule has 0 aromatic rings. The molecule has 0 aliphatic heterocycles. The molecule has 3 N–H and O–H groups in total. The second kappa shape index (κ2) is 53.2. The maximum absolute atomic E-state index is 12.4. The van der Waals surface area contributed by atoms with E-state index in [9.17, 15) is 15.0 Å². The van der Waals surface area contributed by atoms with Crippen LogP contribution in [0.1, 0.15) is 316 Å². The summed E-state index contributed by atoms with van der Waals surface area (Å²) in [5, 5.41) is 23.0. The SMILES string of the molecule is CCCCCCCCCC/C=C\CCCCCCCCCCCCCCCCCCCCCCCCCCCC(=O)NC(CO)C(O)/C=C/CCCCCCCCCCCC. The van der Waals surface area contributed by atoms with Gasteiger partial charge < -0.3 is 15.5 Å². The van der Waals surface area contributed by atoms with Crippen molar-refractivity contribution in [1.82, 2.24) is 5.32 Å². The van der Waals surface area contributed by atoms with Crippen molar-refractivity contribution in [2.75, 3.05) is 6.61 Å². The number of allylic oxidation sites excluding steroid dienone is 3. The summed E-state index contributed by atoms with van der Waals surface area (Å²) in [5.41, 5.74) is 0. The molecule has 61 heavy (non-hydrogen) atoms. The van der Waals surface area contributed by atoms with E-state index in [1.165, 1.54) is 270 Å². The van der Waals surface area contributed by atoms with Crippen LogP contribution < -0.4 is 5.32 Å². The first-order chi connectivity index (χ1) is 30.2. The summed E-state index contributed by atoms with van der Waals surface area (Å²) < 4.78 is 0. The Hall–Kier alpha value is -1.13. The summed E-state index contributed by atoms with van der Waals surface area (Å²) in [6, 6.07) is -0.617. The summed E-state index contributed by atoms with van der Waals surface area (Å²) in [7, 11) is 0. The standard InChI is InChI=1S/C57H111NO3/c1-3-5-7-9-11-13-15-17-18-19-20-21-22-23-24-25-26-27-28-29-30-31-32-33-34-35-36-37-38-39-40-41-43-45-47-49-51-53-57(61)58-55(54-59)56(60)52-50-48-46-44-42-16-14-12-10-8-6-4-2/h19-20,50,52,55-56,59-60H,3-18,21-49,51,53-54H2,1-2H3,(H,58,61)/b20-19-,52-50+. The van der Waals surface area contributed by atoms with Crippen LogP contribution >= 0.6 is 0 Å². The fraction of sp³-hybridized carbons (Fsp3) is 0.912. The molecule has 2 unspecified atom stereocenters. The molecule has 0 saturated carbocycles. The summed E-state index contributed by atoms with van der Waals surface area (Å²) in [4.78, 5) is 12.4. The van der Waals surface area contributed by atoms with Crippen LogP contribution in [0.25, 0.3) is 0 Å². The lowest BCUT2D eigenvalue weighted by molar-refractivity contribution is -0.123. The number of carbonyl (C=O) groups excluding carboxylic acids is 1. The van der Waals surface area contributed by atoms with Gasteiger partial charge in [0, 0.05) is 6.42 Å². The molecule has 0 aliphatic rings. The predicted octanol–water partition coefficient (Wildman–Crippen LogP) is 18.3. The number of rotatable bonds is 52. The average Bonchev–Trinajstić information content (AvgIpc) is 3.26. The first kappa shape index (κ1) is 59.9. The zero-order valence-corrected chi connectivity index (χ0v) is 41.7. The molecule has 0 aromatic heterocycles. The smallest absolute Gasteiger partial charge is 0.220 e. The van der Waals surface area contributed by atoms with E-state index in [0.29, 0.717) is 6.42 Å². The maximum Gasteiger partial charge on any atom is 0.220 e. The Morgan fingerprint density at radius 3 is 0.902 bits per heavy atom. The van der Waals surface area contributed by atoms with Crippen molar-refractivity contribution >= 4 is 5.91 Å². The number of aliphatic hydroxyl groups is 2. The summed E-state index contributed by atoms with van der Waals surface area (Å²) in [6.45, 7) is 4.32. The Bertz CT molecular complexity index is 886. The van der Waals surface area contributed by atoms with Crippen molar-refractivity contribution in [2.45, 2.75) is 328 Å². The Balaban J connectivity index is 3.36. The number of nitrogens with one attached hydrogen (secondary N) is 1. The molecule has 2 atom stereocenters. The monoisotopic (exact) mass is 858 g/mol. The maximum atomic E-state index is 12.4. The minimum atomic E-state index is -0.834. The Kier molecular flexibility index (Phi) is 52.2. The second-order valence-electron chi connectivity index (χ2n) is 19.4. The van der Waals surface area contributed by atoms with Crippen molar-refractivity contribution in [1.29, 1.82) is 0 Å². The third kappa shape index (κ3) is 49.7. The van der Waals surface area contributed by atoms with Crippen LogP contribution in [0.15, 0.2) is 24.3 Å². The fourth-order valence-corrected chi connectivity index (χ4v) is 8.88. The molecule has 0 heterocycles. The minimum Gasteiger partial charge on any atom is -0.394 e. The van der Waals surface area contributed by atoms with Crippen LogP contribution in [0.4, 0.5) is 0 Å². The number of unbranched alkanes of at least 4 members (excludes halogenated alkanes) is 43. The van der Waals surface area contributed by atoms with E-state index >= 15 is 0 Å². The third-order valence-electron chi connectivity index (χ3n) is 13.2. The van der Waals surface area contributed by atoms with Gasteiger partial charge in [0.2, 0.25) is 5.91 Å². The lowest BCUT2D eigenvalue weighted by Gasteiger charge is -2.20. The van der Waals surface area contributed by atoms with E-state index in [0.717, 1.165) is 25.7 Å². The van der Waals surface area contributed by atoms with Gasteiger partial charge in [-0.25, -0.2) is 0 Å². The van der Waals surface area contributed by atoms with Crippen LogP contribution in [0.2, 0.25) is 0 Å². The van der Waals surface area contributed by atoms with Crippen molar-refractivity contribution < 1.29 is 15.0 Å². The van der Waals surface area contributed by atoms with E-state index in [1.54, 1.807) is 6.08 Å². The zero-order valence-electron chi connectivity index (χ0n) is 41.7. The van der Waals surface area contributed by atoms with Gasteiger partial charge in [0.15, 0.2) is 0 Å². The highest BCUT2D eigenvalue weighted by Crippen LogP contribution is 2.17. The highest BCUT2D eigenvalue weighted by molar-refractivity contribution is 5.76. The Morgan fingerprint density at radius 1 is 0.377 bits per heavy atom. The van der Waals surface area contributed by atoms with Gasteiger partial charge in [0.25, 0.3) is 0 Å². The Labute approximate surface area is 383 Å². The molecule has 1 amide bonds. The fourth-order valence-electron chi connectivity index (χ4n) is 8.88. The normalized spacial score (nSPS) is 12.9. The van der Waals surface area contributed by atoms with E-state index in [-0.39, 0.29) is 12.5 Å². The van der Waals surface area contributed by atoms with Gasteiger partial charge >= 0.3 is 0 Å². The van der Waals surface area contributed by atoms with Crippen LogP contribution in [0.5, 0.6) is 0 Å². The topological polar surface area (TPSA) is 69.6 Å². The molecule has 0 bridgehead atoms. The van der Waals surface area contributed by atoms with Crippen molar-refractivity contribution in [2.24, 2.45) is 0 Å². The number of hydrogen-bond donors (Lipinski definition) is 3. The van der Waals surface area contributed by atoms with E-state index < -0.39 is 12.1 Å². The lowest BCUT2D eigenvalue weighted by atomic mass is 10.0. The van der Waals surface area contributed by atoms with Gasteiger partial charge in [-0.1, -0.05) is 289 Å². The minimum absolute atomic E-state index is 0.0590. The number of amides is 1. The number of hydrogen-bond acceptors (Lipinski definition) is 3. The van der Waals surface area contributed by atoms with Crippen molar-refractivity contribution in [3.63, 3.8) is 0 Å². The van der Waals surface area contributed by atoms with Gasteiger partial charge in [-0.2, -0.15) is 0 Å². The molecule has 4 nitrogen and oxygen atoms in total. The predicted molar refractivity (Wildman–Crippen MR) is 272 cm³/mol. The average molecular weight is 859 g/mol. The van der Waals surface area contributed by atoms with Gasteiger partial charge in [0.05, 0.1) is 18.8 Å². The van der Waals surface area contributed by atoms with E-state index in [1.807, 2.05) is 6.08 Å². The third-order valence-corrected chi connectivity index (χ3v) is 13.2. The van der Waals surface area contributed by atoms with Gasteiger partial charge in [-0.3, -0.25) is 4.79 Å². The summed E-state index contributed by atoms with van der Waals surface area (Å²) in [6.07, 6.45) is 70.7. The number of carbonyl (C=O) groups is 1. The van der Waals surface area contributed by atoms with Gasteiger partial charge in [-0.05, 0) is 44.9 Å². The molecule has 0 saturated heterocycles. The van der Waals surface area contributed by atoms with Gasteiger partial charge in [-0.15, -0.1) is 0 Å². The molecule has 0 aromatic carbocycles. The van der Waals surface area contributed by atoms with Crippen LogP contribution in [-0.4, -0.2) is 34.9 Å². The first-order valence-corrected chi connectivity index (χ1v) is 28.1. The highest BCUT2D eigenvalue weighted by Gasteiger charge is 2.18. The molecule has 0 rings (SSSR count). The van der Waals surface area contributed by atoms with Crippen molar-refractivity contribution in [3.05, 3.63) is 24.3 Å². The van der Waals surface area contributed by atoms with Crippen molar-refractivity contribution in [3.8, 4) is 0 Å². The quantitative estimate of drug-likeness (QED) is 0.0422. The van der Waals surface area contributed by atoms with E-state index in [2.05, 4.69) is 31.3 Å². The van der Waals surface area contributed by atoms with Crippen LogP contribution in [-0.2, 0) is 4.79 Å². The molecule has 362 valence electrons. The summed E-state index contributed by atoms with van der Waals surface area (Å²) in [5.74, 6) is -0.0590. The van der Waals surface area contributed by atoms with Gasteiger partial charge in [0.1, 0.15) is 0 Å². The molecular weight excluding hydrogens is 747 g/mol.